The molecule has 2 amide bonds. The average Bonchev–Trinajstić information content (AvgIpc) is 2.99. The second-order valence-electron chi connectivity index (χ2n) is 6.10. The van der Waals surface area contributed by atoms with E-state index >= 15 is 0 Å². The van der Waals surface area contributed by atoms with Crippen molar-refractivity contribution in [2.45, 2.75) is 32.1 Å². The summed E-state index contributed by atoms with van der Waals surface area (Å²) in [5.74, 6) is 0.137. The Morgan fingerprint density at radius 1 is 1.32 bits per heavy atom. The van der Waals surface area contributed by atoms with Crippen molar-refractivity contribution in [2.24, 2.45) is 0 Å². The molecule has 132 valence electrons. The van der Waals surface area contributed by atoms with E-state index in [4.69, 9.17) is 0 Å². The lowest BCUT2D eigenvalue weighted by molar-refractivity contribution is -0.131. The second-order valence-corrected chi connectivity index (χ2v) is 6.96. The van der Waals surface area contributed by atoms with Gasteiger partial charge in [-0.05, 0) is 25.0 Å². The van der Waals surface area contributed by atoms with Crippen molar-refractivity contribution in [1.82, 2.24) is 20.2 Å². The number of aromatic nitrogens is 2. The molecule has 25 heavy (non-hydrogen) atoms. The summed E-state index contributed by atoms with van der Waals surface area (Å²) in [6.45, 7) is 1.88. The van der Waals surface area contributed by atoms with Gasteiger partial charge in [-0.1, -0.05) is 6.42 Å². The highest BCUT2D eigenvalue weighted by molar-refractivity contribution is 7.13. The van der Waals surface area contributed by atoms with Gasteiger partial charge >= 0.3 is 0 Å². The predicted octanol–water partition coefficient (Wildman–Crippen LogP) is 2.27. The normalized spacial score (nSPS) is 15.0. The van der Waals surface area contributed by atoms with Crippen molar-refractivity contribution in [3.05, 3.63) is 35.6 Å². The molecule has 0 radical (unpaired) electrons. The van der Waals surface area contributed by atoms with Crippen LogP contribution in [0.2, 0.25) is 0 Å². The van der Waals surface area contributed by atoms with E-state index in [0.717, 1.165) is 42.1 Å². The summed E-state index contributed by atoms with van der Waals surface area (Å²) in [5, 5.41) is 5.66. The van der Waals surface area contributed by atoms with Crippen molar-refractivity contribution >= 4 is 23.2 Å². The highest BCUT2D eigenvalue weighted by Crippen LogP contribution is 2.22. The number of hydrogen-bond donors (Lipinski definition) is 1. The van der Waals surface area contributed by atoms with E-state index in [2.05, 4.69) is 15.3 Å². The molecule has 1 aliphatic heterocycles. The van der Waals surface area contributed by atoms with Gasteiger partial charge in [-0.25, -0.2) is 4.98 Å². The molecule has 2 aromatic rings. The number of amides is 2. The van der Waals surface area contributed by atoms with E-state index in [-0.39, 0.29) is 18.2 Å². The molecule has 0 aromatic carbocycles. The fraction of sp³-hybridized carbons (Fsp3) is 0.444. The number of pyridine rings is 1. The van der Waals surface area contributed by atoms with Crippen LogP contribution in [0.4, 0.5) is 0 Å². The molecule has 7 heteroatoms. The zero-order valence-corrected chi connectivity index (χ0v) is 14.9. The number of thiazole rings is 1. The van der Waals surface area contributed by atoms with Gasteiger partial charge < -0.3 is 10.2 Å². The van der Waals surface area contributed by atoms with Crippen LogP contribution in [0.3, 0.4) is 0 Å². The molecule has 1 saturated heterocycles. The maximum absolute atomic E-state index is 12.1. The molecule has 0 aliphatic carbocycles. The molecule has 0 atom stereocenters. The Morgan fingerprint density at radius 3 is 3.08 bits per heavy atom. The number of carbonyl (C=O) groups is 2. The molecule has 0 saturated carbocycles. The molecular formula is C18H22N4O2S. The van der Waals surface area contributed by atoms with Crippen LogP contribution in [0.15, 0.2) is 29.9 Å². The van der Waals surface area contributed by atoms with E-state index in [1.165, 1.54) is 11.3 Å². The first-order valence-corrected chi connectivity index (χ1v) is 9.49. The van der Waals surface area contributed by atoms with Crippen LogP contribution >= 0.6 is 11.3 Å². The van der Waals surface area contributed by atoms with Gasteiger partial charge in [0.05, 0.1) is 12.1 Å². The third-order valence-corrected chi connectivity index (χ3v) is 5.12. The third kappa shape index (κ3) is 5.09. The minimum absolute atomic E-state index is 0.0645. The average molecular weight is 358 g/mol. The smallest absolute Gasteiger partial charge is 0.226 e. The number of rotatable bonds is 6. The van der Waals surface area contributed by atoms with Crippen molar-refractivity contribution in [3.63, 3.8) is 0 Å². The summed E-state index contributed by atoms with van der Waals surface area (Å²) in [6.07, 6.45) is 7.51. The third-order valence-electron chi connectivity index (χ3n) is 4.18. The summed E-state index contributed by atoms with van der Waals surface area (Å²) in [6, 6.07) is 3.82. The first-order chi connectivity index (χ1) is 12.2. The summed E-state index contributed by atoms with van der Waals surface area (Å²) >= 11 is 1.51. The molecule has 1 fully saturated rings. The quantitative estimate of drug-likeness (QED) is 0.859. The number of likely N-dealkylation sites (tertiary alicyclic amines) is 1. The van der Waals surface area contributed by atoms with E-state index in [1.807, 2.05) is 22.4 Å². The van der Waals surface area contributed by atoms with Gasteiger partial charge in [-0.2, -0.15) is 0 Å². The summed E-state index contributed by atoms with van der Waals surface area (Å²) in [7, 11) is 0. The lowest BCUT2D eigenvalue weighted by atomic mass is 10.2. The Labute approximate surface area is 151 Å². The van der Waals surface area contributed by atoms with Gasteiger partial charge in [0.15, 0.2) is 0 Å². The first kappa shape index (κ1) is 17.5. The Hall–Kier alpha value is -2.28. The van der Waals surface area contributed by atoms with Crippen LogP contribution in [0.25, 0.3) is 10.6 Å². The monoisotopic (exact) mass is 358 g/mol. The Balaban J connectivity index is 1.45. The van der Waals surface area contributed by atoms with E-state index in [0.29, 0.717) is 19.5 Å². The molecule has 0 bridgehead atoms. The number of hydrogen-bond acceptors (Lipinski definition) is 5. The molecule has 0 unspecified atom stereocenters. The predicted molar refractivity (Wildman–Crippen MR) is 97.1 cm³/mol. The molecule has 3 heterocycles. The maximum atomic E-state index is 12.1. The van der Waals surface area contributed by atoms with Crippen LogP contribution in [0.1, 0.15) is 31.4 Å². The standard InChI is InChI=1S/C18H22N4O2S/c23-16(20-8-10-22-9-3-1-2-6-17(22)24)11-15-13-25-18(21-15)14-5-4-7-19-12-14/h4-5,7,12-13H,1-3,6,8-11H2,(H,20,23). The van der Waals surface area contributed by atoms with Crippen molar-refractivity contribution in [2.75, 3.05) is 19.6 Å². The molecule has 1 aliphatic rings. The number of nitrogens with zero attached hydrogens (tertiary/aromatic N) is 3. The molecule has 1 N–H and O–H groups in total. The van der Waals surface area contributed by atoms with Gasteiger partial charge in [-0.3, -0.25) is 14.6 Å². The summed E-state index contributed by atoms with van der Waals surface area (Å²) in [5.41, 5.74) is 1.71. The van der Waals surface area contributed by atoms with Crippen LogP contribution in [0, 0.1) is 0 Å². The fourth-order valence-corrected chi connectivity index (χ4v) is 3.65. The molecule has 0 spiro atoms. The molecule has 3 rings (SSSR count). The fourth-order valence-electron chi connectivity index (χ4n) is 2.84. The van der Waals surface area contributed by atoms with E-state index < -0.39 is 0 Å². The zero-order chi connectivity index (χ0) is 17.5. The highest BCUT2D eigenvalue weighted by Gasteiger charge is 2.16. The highest BCUT2D eigenvalue weighted by atomic mass is 32.1. The lowest BCUT2D eigenvalue weighted by Crippen LogP contribution is -2.38. The topological polar surface area (TPSA) is 75.2 Å². The van der Waals surface area contributed by atoms with Gasteiger partial charge in [0.1, 0.15) is 5.01 Å². The second kappa shape index (κ2) is 8.71. The van der Waals surface area contributed by atoms with Gasteiger partial charge in [-0.15, -0.1) is 11.3 Å². The number of carbonyl (C=O) groups excluding carboxylic acids is 2. The minimum Gasteiger partial charge on any atom is -0.354 e. The van der Waals surface area contributed by atoms with Crippen molar-refractivity contribution in [1.29, 1.82) is 0 Å². The molecule has 6 nitrogen and oxygen atoms in total. The Bertz CT molecular complexity index is 717. The minimum atomic E-state index is -0.0645. The van der Waals surface area contributed by atoms with Crippen molar-refractivity contribution in [3.8, 4) is 10.6 Å². The van der Waals surface area contributed by atoms with E-state index in [9.17, 15) is 9.59 Å². The zero-order valence-electron chi connectivity index (χ0n) is 14.1. The Kier molecular flexibility index (Phi) is 6.11. The summed E-state index contributed by atoms with van der Waals surface area (Å²) in [4.78, 5) is 34.4. The SMILES string of the molecule is O=C(Cc1csc(-c2cccnc2)n1)NCCN1CCCCCC1=O. The Morgan fingerprint density at radius 2 is 2.24 bits per heavy atom. The van der Waals surface area contributed by atoms with E-state index in [1.54, 1.807) is 12.4 Å². The first-order valence-electron chi connectivity index (χ1n) is 8.61. The van der Waals surface area contributed by atoms with Gasteiger partial charge in [0.2, 0.25) is 11.8 Å². The van der Waals surface area contributed by atoms with Gasteiger partial charge in [0.25, 0.3) is 0 Å². The summed E-state index contributed by atoms with van der Waals surface area (Å²) < 4.78 is 0. The van der Waals surface area contributed by atoms with Crippen molar-refractivity contribution < 1.29 is 9.59 Å². The van der Waals surface area contributed by atoms with Crippen LogP contribution in [0.5, 0.6) is 0 Å². The van der Waals surface area contributed by atoms with Crippen LogP contribution < -0.4 is 5.32 Å². The lowest BCUT2D eigenvalue weighted by Gasteiger charge is -2.20. The molecular weight excluding hydrogens is 336 g/mol. The van der Waals surface area contributed by atoms with Gasteiger partial charge in [0, 0.05) is 49.4 Å². The molecule has 2 aromatic heterocycles. The van der Waals surface area contributed by atoms with Crippen LogP contribution in [-0.4, -0.2) is 46.3 Å². The maximum Gasteiger partial charge on any atom is 0.226 e. The number of nitrogens with one attached hydrogen (secondary N) is 1. The van der Waals surface area contributed by atoms with Crippen LogP contribution in [-0.2, 0) is 16.0 Å². The largest absolute Gasteiger partial charge is 0.354 e.